The van der Waals surface area contributed by atoms with Crippen molar-refractivity contribution in [3.63, 3.8) is 0 Å². The third-order valence-electron chi connectivity index (χ3n) is 3.41. The predicted molar refractivity (Wildman–Crippen MR) is 84.2 cm³/mol. The summed E-state index contributed by atoms with van der Waals surface area (Å²) in [6.45, 7) is 2.64. The lowest BCUT2D eigenvalue weighted by molar-refractivity contribution is 0.395. The van der Waals surface area contributed by atoms with E-state index in [4.69, 9.17) is 18.0 Å². The first kappa shape index (κ1) is 15.4. The van der Waals surface area contributed by atoms with Crippen molar-refractivity contribution in [2.24, 2.45) is 5.73 Å². The maximum atomic E-state index is 12.7. The Bertz CT molecular complexity index is 595. The van der Waals surface area contributed by atoms with Gasteiger partial charge in [-0.15, -0.1) is 0 Å². The van der Waals surface area contributed by atoms with Gasteiger partial charge in [0.25, 0.3) is 0 Å². The average Bonchev–Trinajstić information content (AvgIpc) is 3.23. The van der Waals surface area contributed by atoms with Gasteiger partial charge in [-0.1, -0.05) is 37.7 Å². The zero-order valence-corrected chi connectivity index (χ0v) is 13.2. The molecular weight excluding hydrogens is 292 g/mol. The summed E-state index contributed by atoms with van der Waals surface area (Å²) in [6.07, 6.45) is 3.77. The van der Waals surface area contributed by atoms with E-state index in [1.54, 1.807) is 28.6 Å². The molecule has 1 aromatic carbocycles. The van der Waals surface area contributed by atoms with Gasteiger partial charge in [0.15, 0.2) is 0 Å². The van der Waals surface area contributed by atoms with E-state index >= 15 is 0 Å². The maximum absolute atomic E-state index is 12.7. The minimum atomic E-state index is -3.45. The van der Waals surface area contributed by atoms with Crippen molar-refractivity contribution in [1.82, 2.24) is 4.31 Å². The van der Waals surface area contributed by atoms with Crippen molar-refractivity contribution < 1.29 is 8.42 Å². The van der Waals surface area contributed by atoms with Crippen LogP contribution in [0, 0.1) is 0 Å². The molecule has 1 aliphatic rings. The van der Waals surface area contributed by atoms with Crippen LogP contribution in [0.5, 0.6) is 0 Å². The summed E-state index contributed by atoms with van der Waals surface area (Å²) in [7, 11) is -3.45. The van der Waals surface area contributed by atoms with E-state index < -0.39 is 10.0 Å². The van der Waals surface area contributed by atoms with Gasteiger partial charge in [0, 0.05) is 18.2 Å². The highest BCUT2D eigenvalue weighted by atomic mass is 32.2. The van der Waals surface area contributed by atoms with Crippen LogP contribution in [-0.4, -0.2) is 30.3 Å². The van der Waals surface area contributed by atoms with Crippen LogP contribution >= 0.6 is 12.2 Å². The molecule has 0 bridgehead atoms. The van der Waals surface area contributed by atoms with E-state index in [-0.39, 0.29) is 15.9 Å². The number of unbranched alkanes of at least 4 members (excludes halogenated alkanes) is 1. The van der Waals surface area contributed by atoms with Crippen LogP contribution in [0.2, 0.25) is 0 Å². The van der Waals surface area contributed by atoms with E-state index in [1.807, 2.05) is 0 Å². The number of rotatable bonds is 7. The fraction of sp³-hybridized carbons (Fsp3) is 0.500. The zero-order valence-electron chi connectivity index (χ0n) is 11.6. The number of nitrogens with two attached hydrogens (primary N) is 1. The minimum Gasteiger partial charge on any atom is -0.389 e. The number of benzene rings is 1. The van der Waals surface area contributed by atoms with E-state index in [9.17, 15) is 8.42 Å². The molecule has 110 valence electrons. The lowest BCUT2D eigenvalue weighted by Crippen LogP contribution is -2.34. The number of nitrogens with zero attached hydrogens (tertiary/aromatic N) is 1. The normalized spacial score (nSPS) is 15.5. The van der Waals surface area contributed by atoms with E-state index in [1.165, 1.54) is 0 Å². The first-order valence-corrected chi connectivity index (χ1v) is 8.73. The van der Waals surface area contributed by atoms with Crippen molar-refractivity contribution >= 4 is 27.2 Å². The smallest absolute Gasteiger partial charge is 0.243 e. The van der Waals surface area contributed by atoms with Crippen LogP contribution in [-0.2, 0) is 10.0 Å². The van der Waals surface area contributed by atoms with Gasteiger partial charge < -0.3 is 5.73 Å². The van der Waals surface area contributed by atoms with Crippen LogP contribution in [0.1, 0.15) is 38.2 Å². The Morgan fingerprint density at radius 3 is 2.70 bits per heavy atom. The molecule has 1 fully saturated rings. The predicted octanol–water partition coefficient (Wildman–Crippen LogP) is 2.27. The third kappa shape index (κ3) is 3.37. The Hall–Kier alpha value is -0.980. The largest absolute Gasteiger partial charge is 0.389 e. The van der Waals surface area contributed by atoms with Crippen molar-refractivity contribution in [2.75, 3.05) is 6.54 Å². The second kappa shape index (κ2) is 6.20. The molecule has 4 nitrogen and oxygen atoms in total. The van der Waals surface area contributed by atoms with Crippen LogP contribution < -0.4 is 5.73 Å². The molecule has 1 saturated carbocycles. The van der Waals surface area contributed by atoms with Crippen molar-refractivity contribution in [3.05, 3.63) is 29.8 Å². The summed E-state index contributed by atoms with van der Waals surface area (Å²) in [5, 5.41) is 0. The first-order chi connectivity index (χ1) is 9.46. The molecule has 6 heteroatoms. The molecule has 0 amide bonds. The average molecular weight is 312 g/mol. The molecule has 2 N–H and O–H groups in total. The monoisotopic (exact) mass is 312 g/mol. The summed E-state index contributed by atoms with van der Waals surface area (Å²) < 4.78 is 27.1. The Labute approximate surface area is 126 Å². The molecule has 1 aliphatic carbocycles. The van der Waals surface area contributed by atoms with Crippen LogP contribution in [0.3, 0.4) is 0 Å². The number of thiocarbonyl (C=S) groups is 1. The molecule has 0 saturated heterocycles. The van der Waals surface area contributed by atoms with Gasteiger partial charge >= 0.3 is 0 Å². The Kier molecular flexibility index (Phi) is 4.78. The standard InChI is InChI=1S/C14H20N2O2S2/c1-2-3-9-16(12-7-8-12)20(17,18)13-6-4-5-11(10-13)14(15)19/h4-6,10,12H,2-3,7-9H2,1H3,(H2,15,19). The summed E-state index contributed by atoms with van der Waals surface area (Å²) in [4.78, 5) is 0.499. The lowest BCUT2D eigenvalue weighted by Gasteiger charge is -2.22. The van der Waals surface area contributed by atoms with Gasteiger partial charge in [0.05, 0.1) is 4.90 Å². The SMILES string of the molecule is CCCCN(C1CC1)S(=O)(=O)c1cccc(C(N)=S)c1. The first-order valence-electron chi connectivity index (χ1n) is 6.88. The Morgan fingerprint density at radius 2 is 2.15 bits per heavy atom. The molecule has 0 aliphatic heterocycles. The summed E-state index contributed by atoms with van der Waals surface area (Å²) in [6, 6.07) is 6.76. The lowest BCUT2D eigenvalue weighted by atomic mass is 10.2. The Morgan fingerprint density at radius 1 is 1.45 bits per heavy atom. The quantitative estimate of drug-likeness (QED) is 0.785. The highest BCUT2D eigenvalue weighted by molar-refractivity contribution is 7.89. The molecule has 0 atom stereocenters. The molecule has 0 radical (unpaired) electrons. The fourth-order valence-corrected chi connectivity index (χ4v) is 4.02. The molecule has 2 rings (SSSR count). The summed E-state index contributed by atoms with van der Waals surface area (Å²) in [5.74, 6) is 0. The third-order valence-corrected chi connectivity index (χ3v) is 5.59. The van der Waals surface area contributed by atoms with Gasteiger partial charge in [0.1, 0.15) is 4.99 Å². The maximum Gasteiger partial charge on any atom is 0.243 e. The summed E-state index contributed by atoms with van der Waals surface area (Å²) in [5.41, 5.74) is 6.17. The van der Waals surface area contributed by atoms with E-state index in [0.717, 1.165) is 25.7 Å². The van der Waals surface area contributed by atoms with E-state index in [2.05, 4.69) is 6.92 Å². The van der Waals surface area contributed by atoms with Crippen molar-refractivity contribution in [1.29, 1.82) is 0 Å². The topological polar surface area (TPSA) is 63.4 Å². The van der Waals surface area contributed by atoms with Gasteiger partial charge in [0.2, 0.25) is 10.0 Å². The zero-order chi connectivity index (χ0) is 14.8. The molecule has 0 unspecified atom stereocenters. The second-order valence-electron chi connectivity index (χ2n) is 5.09. The van der Waals surface area contributed by atoms with Gasteiger partial charge in [-0.2, -0.15) is 4.31 Å². The molecule has 0 heterocycles. The van der Waals surface area contributed by atoms with Gasteiger partial charge in [-0.25, -0.2) is 8.42 Å². The fourth-order valence-electron chi connectivity index (χ4n) is 2.12. The van der Waals surface area contributed by atoms with Crippen molar-refractivity contribution in [3.8, 4) is 0 Å². The Balaban J connectivity index is 2.32. The number of hydrogen-bond acceptors (Lipinski definition) is 3. The molecule has 0 aromatic heterocycles. The number of hydrogen-bond donors (Lipinski definition) is 1. The second-order valence-corrected chi connectivity index (χ2v) is 7.42. The summed E-state index contributed by atoms with van der Waals surface area (Å²) >= 11 is 4.91. The molecule has 0 spiro atoms. The van der Waals surface area contributed by atoms with Gasteiger partial charge in [-0.05, 0) is 31.4 Å². The minimum absolute atomic E-state index is 0.167. The van der Waals surface area contributed by atoms with Gasteiger partial charge in [-0.3, -0.25) is 0 Å². The molecular formula is C14H20N2O2S2. The van der Waals surface area contributed by atoms with E-state index in [0.29, 0.717) is 12.1 Å². The number of sulfonamides is 1. The molecule has 20 heavy (non-hydrogen) atoms. The van der Waals surface area contributed by atoms with Crippen LogP contribution in [0.25, 0.3) is 0 Å². The van der Waals surface area contributed by atoms with Crippen molar-refractivity contribution in [2.45, 2.75) is 43.5 Å². The highest BCUT2D eigenvalue weighted by Crippen LogP contribution is 2.32. The van der Waals surface area contributed by atoms with Crippen LogP contribution in [0.4, 0.5) is 0 Å². The highest BCUT2D eigenvalue weighted by Gasteiger charge is 2.37. The van der Waals surface area contributed by atoms with Crippen LogP contribution in [0.15, 0.2) is 29.2 Å². The molecule has 1 aromatic rings.